The third-order valence-electron chi connectivity index (χ3n) is 3.38. The molecule has 0 bridgehead atoms. The minimum absolute atomic E-state index is 0.137. The highest BCUT2D eigenvalue weighted by atomic mass is 79.9. The van der Waals surface area contributed by atoms with E-state index in [1.807, 2.05) is 23.9 Å². The van der Waals surface area contributed by atoms with Crippen molar-refractivity contribution < 1.29 is 5.11 Å². The molecular formula is C14H19BrOS. The summed E-state index contributed by atoms with van der Waals surface area (Å²) in [6.45, 7) is 2.48. The Labute approximate surface area is 116 Å². The zero-order valence-electron chi connectivity index (χ0n) is 10.2. The highest BCUT2D eigenvalue weighted by Crippen LogP contribution is 2.38. The summed E-state index contributed by atoms with van der Waals surface area (Å²) in [5.74, 6) is 0.853. The summed E-state index contributed by atoms with van der Waals surface area (Å²) in [6.07, 6.45) is 5.35. The van der Waals surface area contributed by atoms with Crippen molar-refractivity contribution in [2.24, 2.45) is 5.92 Å². The fraction of sp³-hybridized carbons (Fsp3) is 0.571. The van der Waals surface area contributed by atoms with E-state index in [9.17, 15) is 5.11 Å². The maximum absolute atomic E-state index is 9.36. The van der Waals surface area contributed by atoms with Crippen molar-refractivity contribution in [3.63, 3.8) is 0 Å². The van der Waals surface area contributed by atoms with E-state index >= 15 is 0 Å². The van der Waals surface area contributed by atoms with Crippen molar-refractivity contribution in [2.45, 2.75) is 49.4 Å². The minimum Gasteiger partial charge on any atom is -0.392 e. The molecular weight excluding hydrogens is 296 g/mol. The first-order valence-corrected chi connectivity index (χ1v) is 7.92. The number of benzene rings is 1. The van der Waals surface area contributed by atoms with Crippen LogP contribution in [0.5, 0.6) is 0 Å². The Morgan fingerprint density at radius 1 is 1.41 bits per heavy atom. The van der Waals surface area contributed by atoms with Gasteiger partial charge in [0.2, 0.25) is 0 Å². The molecule has 2 atom stereocenters. The zero-order chi connectivity index (χ0) is 12.3. The summed E-state index contributed by atoms with van der Waals surface area (Å²) >= 11 is 5.45. The predicted octanol–water partition coefficient (Wildman–Crippen LogP) is 4.61. The molecule has 1 aromatic carbocycles. The van der Waals surface area contributed by atoms with Crippen molar-refractivity contribution in [3.8, 4) is 0 Å². The normalized spacial score (nSPS) is 24.9. The number of aliphatic hydroxyl groups excluding tert-OH is 1. The molecule has 1 saturated carbocycles. The Kier molecular flexibility index (Phi) is 4.95. The Balaban J connectivity index is 2.08. The molecule has 0 radical (unpaired) electrons. The van der Waals surface area contributed by atoms with Crippen molar-refractivity contribution in [3.05, 3.63) is 28.2 Å². The van der Waals surface area contributed by atoms with Gasteiger partial charge in [0.15, 0.2) is 0 Å². The SMILES string of the molecule is CC1CCCC(Sc2cc(Br)ccc2CO)C1. The number of thioether (sulfide) groups is 1. The van der Waals surface area contributed by atoms with Crippen LogP contribution in [0, 0.1) is 5.92 Å². The van der Waals surface area contributed by atoms with Crippen LogP contribution in [0.1, 0.15) is 38.2 Å². The molecule has 1 aliphatic carbocycles. The van der Waals surface area contributed by atoms with Crippen LogP contribution in [0.3, 0.4) is 0 Å². The number of hydrogen-bond donors (Lipinski definition) is 1. The number of rotatable bonds is 3. The van der Waals surface area contributed by atoms with Crippen molar-refractivity contribution in [2.75, 3.05) is 0 Å². The smallest absolute Gasteiger partial charge is 0.0692 e. The zero-order valence-corrected chi connectivity index (χ0v) is 12.6. The second-order valence-corrected chi connectivity index (χ2v) is 7.18. The lowest BCUT2D eigenvalue weighted by Crippen LogP contribution is -2.15. The monoisotopic (exact) mass is 314 g/mol. The molecule has 0 saturated heterocycles. The molecule has 94 valence electrons. The van der Waals surface area contributed by atoms with E-state index in [1.54, 1.807) is 0 Å². The Hall–Kier alpha value is 0.01000. The molecule has 0 aromatic heterocycles. The first-order chi connectivity index (χ1) is 8.19. The molecule has 1 nitrogen and oxygen atoms in total. The van der Waals surface area contributed by atoms with Gasteiger partial charge >= 0.3 is 0 Å². The quantitative estimate of drug-likeness (QED) is 0.879. The van der Waals surface area contributed by atoms with Crippen LogP contribution in [0.2, 0.25) is 0 Å². The van der Waals surface area contributed by atoms with Crippen molar-refractivity contribution in [1.29, 1.82) is 0 Å². The first-order valence-electron chi connectivity index (χ1n) is 6.25. The lowest BCUT2D eigenvalue weighted by Gasteiger charge is -2.26. The summed E-state index contributed by atoms with van der Waals surface area (Å²) in [4.78, 5) is 1.24. The van der Waals surface area contributed by atoms with E-state index in [2.05, 4.69) is 28.9 Å². The second kappa shape index (κ2) is 6.26. The Morgan fingerprint density at radius 2 is 2.24 bits per heavy atom. The number of aliphatic hydroxyl groups is 1. The van der Waals surface area contributed by atoms with Crippen LogP contribution in [0.25, 0.3) is 0 Å². The van der Waals surface area contributed by atoms with Gasteiger partial charge in [-0.1, -0.05) is 41.8 Å². The van der Waals surface area contributed by atoms with E-state index < -0.39 is 0 Å². The van der Waals surface area contributed by atoms with Crippen LogP contribution < -0.4 is 0 Å². The molecule has 3 heteroatoms. The lowest BCUT2D eigenvalue weighted by molar-refractivity contribution is 0.279. The van der Waals surface area contributed by atoms with Crippen molar-refractivity contribution >= 4 is 27.7 Å². The predicted molar refractivity (Wildman–Crippen MR) is 77.3 cm³/mol. The van der Waals surface area contributed by atoms with Gasteiger partial charge in [-0.25, -0.2) is 0 Å². The van der Waals surface area contributed by atoms with E-state index in [-0.39, 0.29) is 6.61 Å². The van der Waals surface area contributed by atoms with Crippen LogP contribution in [-0.4, -0.2) is 10.4 Å². The van der Waals surface area contributed by atoms with E-state index in [0.717, 1.165) is 21.2 Å². The Morgan fingerprint density at radius 3 is 2.94 bits per heavy atom. The van der Waals surface area contributed by atoms with Crippen molar-refractivity contribution in [1.82, 2.24) is 0 Å². The molecule has 2 unspecified atom stereocenters. The molecule has 0 heterocycles. The summed E-state index contributed by atoms with van der Waals surface area (Å²) in [7, 11) is 0. The van der Waals surface area contributed by atoms with E-state index in [1.165, 1.54) is 30.6 Å². The van der Waals surface area contributed by atoms with Gasteiger partial charge in [-0.15, -0.1) is 11.8 Å². The summed E-state index contributed by atoms with van der Waals surface area (Å²) < 4.78 is 1.10. The second-order valence-electron chi connectivity index (χ2n) is 4.92. The maximum atomic E-state index is 9.36. The highest BCUT2D eigenvalue weighted by Gasteiger charge is 2.20. The standard InChI is InChI=1S/C14H19BrOS/c1-10-3-2-4-13(7-10)17-14-8-12(15)6-5-11(14)9-16/h5-6,8,10,13,16H,2-4,7,9H2,1H3. The van der Waals surface area contributed by atoms with Gasteiger partial charge in [-0.05, 0) is 36.5 Å². The molecule has 1 aliphatic rings. The van der Waals surface area contributed by atoms with Gasteiger partial charge in [-0.2, -0.15) is 0 Å². The number of halogens is 1. The molecule has 1 N–H and O–H groups in total. The molecule has 2 rings (SSSR count). The molecule has 0 amide bonds. The lowest BCUT2D eigenvalue weighted by atomic mass is 9.91. The Bertz CT molecular complexity index is 380. The molecule has 17 heavy (non-hydrogen) atoms. The van der Waals surface area contributed by atoms with Crippen LogP contribution >= 0.6 is 27.7 Å². The molecule has 0 spiro atoms. The number of hydrogen-bond acceptors (Lipinski definition) is 2. The summed E-state index contributed by atoms with van der Waals surface area (Å²) in [6, 6.07) is 6.15. The summed E-state index contributed by atoms with van der Waals surface area (Å²) in [5.41, 5.74) is 1.05. The molecule has 1 fully saturated rings. The van der Waals surface area contributed by atoms with Gasteiger partial charge in [-0.3, -0.25) is 0 Å². The van der Waals surface area contributed by atoms with Crippen LogP contribution in [-0.2, 0) is 6.61 Å². The molecule has 1 aromatic rings. The van der Waals surface area contributed by atoms with E-state index in [4.69, 9.17) is 0 Å². The average Bonchev–Trinajstić information content (AvgIpc) is 2.29. The minimum atomic E-state index is 0.137. The fourth-order valence-corrected chi connectivity index (χ4v) is 4.49. The third kappa shape index (κ3) is 3.73. The van der Waals surface area contributed by atoms with Gasteiger partial charge < -0.3 is 5.11 Å². The maximum Gasteiger partial charge on any atom is 0.0692 e. The molecule has 0 aliphatic heterocycles. The summed E-state index contributed by atoms with van der Waals surface area (Å²) in [5, 5.41) is 10.1. The first kappa shape index (κ1) is 13.4. The van der Waals surface area contributed by atoms with Gasteiger partial charge in [0.05, 0.1) is 6.61 Å². The van der Waals surface area contributed by atoms with E-state index in [0.29, 0.717) is 0 Å². The van der Waals surface area contributed by atoms with Gasteiger partial charge in [0, 0.05) is 14.6 Å². The highest BCUT2D eigenvalue weighted by molar-refractivity contribution is 9.10. The van der Waals surface area contributed by atoms with Crippen LogP contribution in [0.4, 0.5) is 0 Å². The average molecular weight is 315 g/mol. The van der Waals surface area contributed by atoms with Gasteiger partial charge in [0.25, 0.3) is 0 Å². The van der Waals surface area contributed by atoms with Gasteiger partial charge in [0.1, 0.15) is 0 Å². The largest absolute Gasteiger partial charge is 0.392 e. The topological polar surface area (TPSA) is 20.2 Å². The van der Waals surface area contributed by atoms with Crippen LogP contribution in [0.15, 0.2) is 27.6 Å². The fourth-order valence-electron chi connectivity index (χ4n) is 2.43. The third-order valence-corrected chi connectivity index (χ3v) is 5.27.